The molecule has 0 atom stereocenters. The van der Waals surface area contributed by atoms with Crippen LogP contribution in [0.5, 0.6) is 0 Å². The van der Waals surface area contributed by atoms with Gasteiger partial charge in [0.15, 0.2) is 0 Å². The van der Waals surface area contributed by atoms with Crippen LogP contribution in [0, 0.1) is 5.92 Å². The van der Waals surface area contributed by atoms with Crippen LogP contribution in [-0.4, -0.2) is 21.8 Å². The molecule has 0 unspecified atom stereocenters. The molecule has 1 aromatic rings. The molecule has 1 saturated carbocycles. The summed E-state index contributed by atoms with van der Waals surface area (Å²) in [5, 5.41) is 9.70. The number of carbonyl (C=O) groups is 1. The number of aromatic carboxylic acids is 1. The lowest BCUT2D eigenvalue weighted by Gasteiger charge is -2.20. The number of thioether (sulfide) groups is 1. The van der Waals surface area contributed by atoms with E-state index >= 15 is 0 Å². The molecule has 4 heteroatoms. The lowest BCUT2D eigenvalue weighted by Crippen LogP contribution is -2.07. The molecule has 1 fully saturated rings. The van der Waals surface area contributed by atoms with Crippen LogP contribution in [0.15, 0.2) is 23.4 Å². The molecule has 1 aromatic heterocycles. The van der Waals surface area contributed by atoms with E-state index in [9.17, 15) is 4.79 Å². The summed E-state index contributed by atoms with van der Waals surface area (Å²) in [5.74, 6) is 1.06. The minimum absolute atomic E-state index is 0.256. The van der Waals surface area contributed by atoms with E-state index in [2.05, 4.69) is 4.98 Å². The zero-order valence-electron chi connectivity index (χ0n) is 10.5. The standard InChI is InChI=1S/C14H19NO2S/c16-14(17)12-6-7-13(15-10-12)18-9-8-11-4-2-1-3-5-11/h6-7,10-11H,1-5,8-9H2,(H,16,17). The lowest BCUT2D eigenvalue weighted by molar-refractivity contribution is 0.0696. The molecule has 1 heterocycles. The summed E-state index contributed by atoms with van der Waals surface area (Å²) in [6, 6.07) is 3.42. The van der Waals surface area contributed by atoms with Gasteiger partial charge < -0.3 is 5.11 Å². The molecule has 3 nitrogen and oxygen atoms in total. The Morgan fingerprint density at radius 2 is 2.11 bits per heavy atom. The highest BCUT2D eigenvalue weighted by atomic mass is 32.2. The van der Waals surface area contributed by atoms with Crippen molar-refractivity contribution in [3.8, 4) is 0 Å². The van der Waals surface area contributed by atoms with Crippen LogP contribution < -0.4 is 0 Å². The third-order valence-corrected chi connectivity index (χ3v) is 4.46. The van der Waals surface area contributed by atoms with E-state index in [0.29, 0.717) is 0 Å². The second-order valence-corrected chi connectivity index (χ2v) is 5.95. The number of hydrogen-bond donors (Lipinski definition) is 1. The topological polar surface area (TPSA) is 50.2 Å². The summed E-state index contributed by atoms with van der Waals surface area (Å²) < 4.78 is 0. The molecule has 0 aliphatic heterocycles. The summed E-state index contributed by atoms with van der Waals surface area (Å²) in [4.78, 5) is 14.9. The van der Waals surface area contributed by atoms with E-state index < -0.39 is 5.97 Å². The minimum atomic E-state index is -0.916. The monoisotopic (exact) mass is 265 g/mol. The Bertz CT molecular complexity index is 385. The number of aromatic nitrogens is 1. The van der Waals surface area contributed by atoms with Gasteiger partial charge in [0.25, 0.3) is 0 Å². The first-order valence-electron chi connectivity index (χ1n) is 6.58. The molecule has 1 aliphatic rings. The van der Waals surface area contributed by atoms with Gasteiger partial charge in [-0.2, -0.15) is 0 Å². The van der Waals surface area contributed by atoms with Crippen molar-refractivity contribution in [3.05, 3.63) is 23.9 Å². The van der Waals surface area contributed by atoms with Crippen LogP contribution in [0.3, 0.4) is 0 Å². The SMILES string of the molecule is O=C(O)c1ccc(SCCC2CCCCC2)nc1. The number of carboxylic acids is 1. The van der Waals surface area contributed by atoms with Gasteiger partial charge in [0.1, 0.15) is 0 Å². The first-order valence-corrected chi connectivity index (χ1v) is 7.56. The normalized spacial score (nSPS) is 16.7. The van der Waals surface area contributed by atoms with Gasteiger partial charge >= 0.3 is 5.97 Å². The predicted molar refractivity (Wildman–Crippen MR) is 73.1 cm³/mol. The van der Waals surface area contributed by atoms with Gasteiger partial charge in [0, 0.05) is 6.20 Å². The quantitative estimate of drug-likeness (QED) is 0.822. The van der Waals surface area contributed by atoms with Crippen LogP contribution in [0.4, 0.5) is 0 Å². The molecular formula is C14H19NO2S. The number of pyridine rings is 1. The van der Waals surface area contributed by atoms with Crippen molar-refractivity contribution in [2.75, 3.05) is 5.75 Å². The van der Waals surface area contributed by atoms with Crippen LogP contribution >= 0.6 is 11.8 Å². The van der Waals surface area contributed by atoms with Crippen LogP contribution in [0.25, 0.3) is 0 Å². The number of hydrogen-bond acceptors (Lipinski definition) is 3. The van der Waals surface area contributed by atoms with Gasteiger partial charge in [-0.05, 0) is 30.2 Å². The maximum Gasteiger partial charge on any atom is 0.337 e. The molecule has 0 bridgehead atoms. The highest BCUT2D eigenvalue weighted by Crippen LogP contribution is 2.28. The summed E-state index contributed by atoms with van der Waals surface area (Å²) in [5.41, 5.74) is 0.256. The van der Waals surface area contributed by atoms with Gasteiger partial charge in [0.05, 0.1) is 10.6 Å². The molecule has 0 radical (unpaired) electrons. The second-order valence-electron chi connectivity index (χ2n) is 4.83. The van der Waals surface area contributed by atoms with Gasteiger partial charge in [-0.25, -0.2) is 9.78 Å². The van der Waals surface area contributed by atoms with Crippen molar-refractivity contribution in [3.63, 3.8) is 0 Å². The summed E-state index contributed by atoms with van der Waals surface area (Å²) >= 11 is 1.73. The molecule has 2 rings (SSSR count). The molecule has 0 aromatic carbocycles. The van der Waals surface area contributed by atoms with Crippen molar-refractivity contribution < 1.29 is 9.90 Å². The number of rotatable bonds is 5. The van der Waals surface area contributed by atoms with E-state index in [0.717, 1.165) is 16.7 Å². The molecule has 18 heavy (non-hydrogen) atoms. The smallest absolute Gasteiger partial charge is 0.337 e. The fourth-order valence-corrected chi connectivity index (χ4v) is 3.35. The fourth-order valence-electron chi connectivity index (χ4n) is 2.40. The number of carboxylic acid groups (broad SMARTS) is 1. The third-order valence-electron chi connectivity index (χ3n) is 3.48. The van der Waals surface area contributed by atoms with Crippen molar-refractivity contribution in [2.45, 2.75) is 43.6 Å². The first-order chi connectivity index (χ1) is 8.75. The Morgan fingerprint density at radius 1 is 1.33 bits per heavy atom. The molecule has 1 aliphatic carbocycles. The molecule has 98 valence electrons. The molecule has 0 saturated heterocycles. The van der Waals surface area contributed by atoms with Crippen LogP contribution in [0.2, 0.25) is 0 Å². The van der Waals surface area contributed by atoms with Gasteiger partial charge in [-0.3, -0.25) is 0 Å². The Kier molecular flexibility index (Phi) is 5.05. The van der Waals surface area contributed by atoms with Crippen molar-refractivity contribution in [1.29, 1.82) is 0 Å². The molecular weight excluding hydrogens is 246 g/mol. The highest BCUT2D eigenvalue weighted by molar-refractivity contribution is 7.99. The lowest BCUT2D eigenvalue weighted by atomic mass is 9.88. The maximum absolute atomic E-state index is 10.7. The minimum Gasteiger partial charge on any atom is -0.478 e. The molecule has 0 spiro atoms. The van der Waals surface area contributed by atoms with E-state index in [1.54, 1.807) is 23.9 Å². The average Bonchev–Trinajstić information content (AvgIpc) is 2.40. The zero-order valence-corrected chi connectivity index (χ0v) is 11.3. The van der Waals surface area contributed by atoms with E-state index in [4.69, 9.17) is 5.11 Å². The predicted octanol–water partition coefficient (Wildman–Crippen LogP) is 3.84. The Morgan fingerprint density at radius 3 is 2.72 bits per heavy atom. The van der Waals surface area contributed by atoms with E-state index in [-0.39, 0.29) is 5.56 Å². The van der Waals surface area contributed by atoms with E-state index in [1.807, 2.05) is 0 Å². The van der Waals surface area contributed by atoms with Gasteiger partial charge in [-0.15, -0.1) is 11.8 Å². The Hall–Kier alpha value is -1.03. The fraction of sp³-hybridized carbons (Fsp3) is 0.571. The van der Waals surface area contributed by atoms with Crippen LogP contribution in [0.1, 0.15) is 48.9 Å². The molecule has 0 amide bonds. The zero-order chi connectivity index (χ0) is 12.8. The average molecular weight is 265 g/mol. The van der Waals surface area contributed by atoms with Gasteiger partial charge in [0.2, 0.25) is 0 Å². The van der Waals surface area contributed by atoms with Crippen LogP contribution in [-0.2, 0) is 0 Å². The third kappa shape index (κ3) is 4.02. The number of nitrogens with zero attached hydrogens (tertiary/aromatic N) is 1. The summed E-state index contributed by atoms with van der Waals surface area (Å²) in [6.07, 6.45) is 9.64. The summed E-state index contributed by atoms with van der Waals surface area (Å²) in [7, 11) is 0. The largest absolute Gasteiger partial charge is 0.478 e. The molecule has 1 N–H and O–H groups in total. The van der Waals surface area contributed by atoms with Gasteiger partial charge in [-0.1, -0.05) is 32.1 Å². The highest BCUT2D eigenvalue weighted by Gasteiger charge is 2.13. The second kappa shape index (κ2) is 6.78. The maximum atomic E-state index is 10.7. The Labute approximate surface area is 112 Å². The van der Waals surface area contributed by atoms with Crippen molar-refractivity contribution >= 4 is 17.7 Å². The first kappa shape index (κ1) is 13.4. The summed E-state index contributed by atoms with van der Waals surface area (Å²) in [6.45, 7) is 0. The van der Waals surface area contributed by atoms with Crippen molar-refractivity contribution in [2.24, 2.45) is 5.92 Å². The van der Waals surface area contributed by atoms with E-state index in [1.165, 1.54) is 44.7 Å². The van der Waals surface area contributed by atoms with Crippen molar-refractivity contribution in [1.82, 2.24) is 4.98 Å². The Balaban J connectivity index is 1.74.